The third-order valence-corrected chi connectivity index (χ3v) is 5.92. The van der Waals surface area contributed by atoms with Crippen molar-refractivity contribution in [2.24, 2.45) is 5.92 Å². The molecular weight excluding hydrogens is 378 g/mol. The van der Waals surface area contributed by atoms with E-state index in [9.17, 15) is 4.79 Å². The van der Waals surface area contributed by atoms with Gasteiger partial charge in [0.2, 0.25) is 0 Å². The Morgan fingerprint density at radius 2 is 1.73 bits per heavy atom. The maximum atomic E-state index is 12.8. The van der Waals surface area contributed by atoms with E-state index in [0.717, 1.165) is 62.3 Å². The summed E-state index contributed by atoms with van der Waals surface area (Å²) in [7, 11) is 4.97. The molecule has 0 saturated carbocycles. The highest BCUT2D eigenvalue weighted by molar-refractivity contribution is 5.84. The summed E-state index contributed by atoms with van der Waals surface area (Å²) in [5.41, 5.74) is 3.56. The van der Waals surface area contributed by atoms with Gasteiger partial charge in [0.1, 0.15) is 11.5 Å². The van der Waals surface area contributed by atoms with Gasteiger partial charge in [-0.3, -0.25) is 4.79 Å². The molecule has 0 aromatic heterocycles. The molecular formula is C25H33NO4. The Morgan fingerprint density at radius 3 is 2.47 bits per heavy atom. The van der Waals surface area contributed by atoms with E-state index in [0.29, 0.717) is 18.0 Å². The normalized spacial score (nSPS) is 16.0. The lowest BCUT2D eigenvalue weighted by atomic mass is 9.93. The topological polar surface area (TPSA) is 56.8 Å². The first-order valence-electron chi connectivity index (χ1n) is 10.7. The lowest BCUT2D eigenvalue weighted by molar-refractivity contribution is -0.122. The van der Waals surface area contributed by atoms with E-state index in [1.165, 1.54) is 11.1 Å². The molecule has 1 atom stereocenters. The van der Waals surface area contributed by atoms with Gasteiger partial charge in [-0.2, -0.15) is 0 Å². The highest BCUT2D eigenvalue weighted by Crippen LogP contribution is 2.34. The number of hydrogen-bond acceptors (Lipinski definition) is 5. The number of ether oxygens (including phenoxy) is 3. The minimum Gasteiger partial charge on any atom is -0.497 e. The van der Waals surface area contributed by atoms with Gasteiger partial charge in [0.25, 0.3) is 0 Å². The smallest absolute Gasteiger partial charge is 0.161 e. The predicted octanol–water partition coefficient (Wildman–Crippen LogP) is 4.00. The molecule has 3 rings (SSSR count). The van der Waals surface area contributed by atoms with Gasteiger partial charge in [-0.15, -0.1) is 0 Å². The largest absolute Gasteiger partial charge is 0.497 e. The van der Waals surface area contributed by atoms with E-state index < -0.39 is 0 Å². The molecule has 5 nitrogen and oxygen atoms in total. The maximum Gasteiger partial charge on any atom is 0.161 e. The lowest BCUT2D eigenvalue weighted by Gasteiger charge is -2.13. The fraction of sp³-hybridized carbons (Fsp3) is 0.480. The van der Waals surface area contributed by atoms with E-state index in [1.54, 1.807) is 21.3 Å². The van der Waals surface area contributed by atoms with E-state index in [2.05, 4.69) is 17.4 Å². The molecule has 30 heavy (non-hydrogen) atoms. The van der Waals surface area contributed by atoms with Crippen molar-refractivity contribution in [3.05, 3.63) is 53.1 Å². The lowest BCUT2D eigenvalue weighted by Crippen LogP contribution is -2.21. The first-order valence-corrected chi connectivity index (χ1v) is 10.7. The summed E-state index contributed by atoms with van der Waals surface area (Å²) < 4.78 is 16.1. The monoisotopic (exact) mass is 411 g/mol. The van der Waals surface area contributed by atoms with Gasteiger partial charge in [0, 0.05) is 12.3 Å². The van der Waals surface area contributed by atoms with E-state index in [1.807, 2.05) is 24.3 Å². The average Bonchev–Trinajstić information content (AvgIpc) is 2.93. The second-order valence-electron chi connectivity index (χ2n) is 7.85. The Labute approximate surface area is 179 Å². The highest BCUT2D eigenvalue weighted by Gasteiger charge is 2.25. The number of aryl methyl sites for hydroxylation is 1. The number of benzene rings is 2. The van der Waals surface area contributed by atoms with E-state index in [-0.39, 0.29) is 5.92 Å². The van der Waals surface area contributed by atoms with Crippen molar-refractivity contribution < 1.29 is 19.0 Å². The molecule has 1 N–H and O–H groups in total. The summed E-state index contributed by atoms with van der Waals surface area (Å²) in [6, 6.07) is 12.2. The Bertz CT molecular complexity index is 849. The Kier molecular flexibility index (Phi) is 8.14. The number of carbonyl (C=O) groups is 1. The van der Waals surface area contributed by atoms with Crippen molar-refractivity contribution in [3.8, 4) is 17.2 Å². The summed E-state index contributed by atoms with van der Waals surface area (Å²) >= 11 is 0. The molecule has 0 spiro atoms. The van der Waals surface area contributed by atoms with Crippen molar-refractivity contribution in [1.29, 1.82) is 0 Å². The third-order valence-electron chi connectivity index (χ3n) is 5.92. The molecule has 1 unspecified atom stereocenters. The van der Waals surface area contributed by atoms with Crippen molar-refractivity contribution in [1.82, 2.24) is 5.32 Å². The summed E-state index contributed by atoms with van der Waals surface area (Å²) in [6.07, 6.45) is 5.23. The van der Waals surface area contributed by atoms with Gasteiger partial charge in [-0.1, -0.05) is 12.1 Å². The Morgan fingerprint density at radius 1 is 0.967 bits per heavy atom. The molecule has 0 bridgehead atoms. The number of nitrogens with one attached hydrogen (secondary N) is 1. The molecule has 0 amide bonds. The van der Waals surface area contributed by atoms with Crippen molar-refractivity contribution in [2.75, 3.05) is 34.4 Å². The van der Waals surface area contributed by atoms with Crippen molar-refractivity contribution in [3.63, 3.8) is 0 Å². The van der Waals surface area contributed by atoms with Crippen LogP contribution in [0, 0.1) is 5.92 Å². The predicted molar refractivity (Wildman–Crippen MR) is 119 cm³/mol. The summed E-state index contributed by atoms with van der Waals surface area (Å²) in [5, 5.41) is 3.50. The number of Topliss-reactive ketones (excluding diaryl/α,β-unsaturated/α-hetero) is 1. The van der Waals surface area contributed by atoms with Gasteiger partial charge in [-0.25, -0.2) is 0 Å². The quantitative estimate of drug-likeness (QED) is 0.473. The highest BCUT2D eigenvalue weighted by atomic mass is 16.5. The van der Waals surface area contributed by atoms with Gasteiger partial charge in [0.15, 0.2) is 11.5 Å². The summed E-state index contributed by atoms with van der Waals surface area (Å²) in [4.78, 5) is 12.8. The summed E-state index contributed by atoms with van der Waals surface area (Å²) in [5.74, 6) is 2.81. The molecule has 162 valence electrons. The zero-order chi connectivity index (χ0) is 21.3. The first-order chi connectivity index (χ1) is 14.6. The number of rotatable bonds is 10. The SMILES string of the molecule is COc1cccc(CCNCCCC2CCc3cc(OC)c(OC)cc3CC2=O)c1. The zero-order valence-corrected chi connectivity index (χ0v) is 18.3. The number of methoxy groups -OCH3 is 3. The van der Waals surface area contributed by atoms with Crippen LogP contribution < -0.4 is 19.5 Å². The zero-order valence-electron chi connectivity index (χ0n) is 18.3. The summed E-state index contributed by atoms with van der Waals surface area (Å²) in [6.45, 7) is 1.86. The maximum absolute atomic E-state index is 12.8. The molecule has 0 saturated heterocycles. The molecule has 1 aliphatic carbocycles. The average molecular weight is 412 g/mol. The van der Waals surface area contributed by atoms with Gasteiger partial charge < -0.3 is 19.5 Å². The van der Waals surface area contributed by atoms with Gasteiger partial charge in [0.05, 0.1) is 21.3 Å². The van der Waals surface area contributed by atoms with Crippen LogP contribution in [0.1, 0.15) is 36.0 Å². The molecule has 0 heterocycles. The molecule has 2 aromatic rings. The number of carbonyl (C=O) groups excluding carboxylic acids is 1. The van der Waals surface area contributed by atoms with E-state index in [4.69, 9.17) is 14.2 Å². The fourth-order valence-electron chi connectivity index (χ4n) is 4.15. The number of fused-ring (bicyclic) bond motifs is 1. The number of hydrogen-bond donors (Lipinski definition) is 1. The van der Waals surface area contributed by atoms with Crippen LogP contribution in [0.25, 0.3) is 0 Å². The van der Waals surface area contributed by atoms with Crippen LogP contribution in [0.15, 0.2) is 36.4 Å². The van der Waals surface area contributed by atoms with Gasteiger partial charge >= 0.3 is 0 Å². The minimum absolute atomic E-state index is 0.134. The van der Waals surface area contributed by atoms with Crippen LogP contribution in [0.2, 0.25) is 0 Å². The molecule has 2 aromatic carbocycles. The second kappa shape index (κ2) is 11.0. The van der Waals surface area contributed by atoms with Gasteiger partial charge in [-0.05, 0) is 86.1 Å². The van der Waals surface area contributed by atoms with E-state index >= 15 is 0 Å². The Hall–Kier alpha value is -2.53. The Balaban J connectivity index is 1.43. The van der Waals surface area contributed by atoms with Crippen LogP contribution in [0.3, 0.4) is 0 Å². The second-order valence-corrected chi connectivity index (χ2v) is 7.85. The third kappa shape index (κ3) is 5.76. The standard InChI is InChI=1S/C25H33NO4/c1-28-22-8-4-6-18(14-22)11-13-26-12-5-7-19-9-10-20-16-24(29-2)25(30-3)17-21(20)15-23(19)27/h4,6,8,14,16-17,19,26H,5,7,9-13,15H2,1-3H3. The van der Waals surface area contributed by atoms with Crippen LogP contribution in [0.4, 0.5) is 0 Å². The molecule has 5 heteroatoms. The minimum atomic E-state index is 0.134. The van der Waals surface area contributed by atoms with Crippen LogP contribution in [-0.2, 0) is 24.1 Å². The molecule has 0 aliphatic heterocycles. The van der Waals surface area contributed by atoms with Crippen molar-refractivity contribution >= 4 is 5.78 Å². The molecule has 1 aliphatic rings. The fourth-order valence-corrected chi connectivity index (χ4v) is 4.15. The van der Waals surface area contributed by atoms with Crippen LogP contribution >= 0.6 is 0 Å². The van der Waals surface area contributed by atoms with Crippen LogP contribution in [-0.4, -0.2) is 40.2 Å². The number of ketones is 1. The first kappa shape index (κ1) is 22.2. The molecule has 0 fully saturated rings. The molecule has 0 radical (unpaired) electrons. The van der Waals surface area contributed by atoms with Crippen molar-refractivity contribution in [2.45, 2.75) is 38.5 Å². The van der Waals surface area contributed by atoms with Crippen LogP contribution in [0.5, 0.6) is 17.2 Å².